The fourth-order valence-corrected chi connectivity index (χ4v) is 2.75. The Morgan fingerprint density at radius 2 is 2.15 bits per heavy atom. The quantitative estimate of drug-likeness (QED) is 0.862. The molecule has 0 bridgehead atoms. The molecule has 0 radical (unpaired) electrons. The number of piperazine rings is 1. The normalized spacial score (nSPS) is 23.0. The van der Waals surface area contributed by atoms with Gasteiger partial charge in [0.1, 0.15) is 0 Å². The van der Waals surface area contributed by atoms with Gasteiger partial charge in [-0.2, -0.15) is 0 Å². The highest BCUT2D eigenvalue weighted by atomic mass is 16.2. The van der Waals surface area contributed by atoms with Gasteiger partial charge in [-0.05, 0) is 32.0 Å². The van der Waals surface area contributed by atoms with E-state index in [0.717, 1.165) is 29.6 Å². The van der Waals surface area contributed by atoms with Gasteiger partial charge in [0.2, 0.25) is 0 Å². The summed E-state index contributed by atoms with van der Waals surface area (Å²) >= 11 is 0. The topological polar surface area (TPSA) is 45.2 Å². The SMILES string of the molecule is CC1CN(C(=O)c2cccc3ncccc23)C(C)CN1. The van der Waals surface area contributed by atoms with Gasteiger partial charge in [0.05, 0.1) is 5.52 Å². The predicted octanol–water partition coefficient (Wildman–Crippen LogP) is 2.06. The predicted molar refractivity (Wildman–Crippen MR) is 79.7 cm³/mol. The van der Waals surface area contributed by atoms with Gasteiger partial charge in [-0.3, -0.25) is 9.78 Å². The molecule has 0 saturated carbocycles. The number of pyridine rings is 1. The standard InChI is InChI=1S/C16H19N3O/c1-11-10-19(12(2)9-18-11)16(20)14-5-3-7-15-13(14)6-4-8-17-15/h3-8,11-12,18H,9-10H2,1-2H3. The van der Waals surface area contributed by atoms with Gasteiger partial charge in [-0.25, -0.2) is 0 Å². The number of hydrogen-bond donors (Lipinski definition) is 1. The Bertz CT molecular complexity index is 635. The molecule has 1 aliphatic rings. The molecule has 20 heavy (non-hydrogen) atoms. The maximum Gasteiger partial charge on any atom is 0.254 e. The summed E-state index contributed by atoms with van der Waals surface area (Å²) in [6.07, 6.45) is 1.76. The van der Waals surface area contributed by atoms with Gasteiger partial charge in [-0.15, -0.1) is 0 Å². The molecular formula is C16H19N3O. The number of hydrogen-bond acceptors (Lipinski definition) is 3. The summed E-state index contributed by atoms with van der Waals surface area (Å²) in [5, 5.41) is 4.33. The zero-order valence-corrected chi connectivity index (χ0v) is 11.8. The summed E-state index contributed by atoms with van der Waals surface area (Å²) in [7, 11) is 0. The van der Waals surface area contributed by atoms with Gasteiger partial charge in [0.25, 0.3) is 5.91 Å². The second-order valence-electron chi connectivity index (χ2n) is 5.49. The van der Waals surface area contributed by atoms with Crippen molar-refractivity contribution in [2.75, 3.05) is 13.1 Å². The van der Waals surface area contributed by atoms with E-state index in [1.54, 1.807) is 6.20 Å². The van der Waals surface area contributed by atoms with E-state index in [1.165, 1.54) is 0 Å². The van der Waals surface area contributed by atoms with Crippen LogP contribution in [0.25, 0.3) is 10.9 Å². The van der Waals surface area contributed by atoms with Crippen LogP contribution in [-0.4, -0.2) is 41.0 Å². The number of nitrogens with one attached hydrogen (secondary N) is 1. The van der Waals surface area contributed by atoms with Crippen molar-refractivity contribution in [1.82, 2.24) is 15.2 Å². The maximum absolute atomic E-state index is 12.8. The molecule has 0 spiro atoms. The summed E-state index contributed by atoms with van der Waals surface area (Å²) in [4.78, 5) is 19.1. The largest absolute Gasteiger partial charge is 0.333 e. The summed E-state index contributed by atoms with van der Waals surface area (Å²) in [5.74, 6) is 0.101. The lowest BCUT2D eigenvalue weighted by Gasteiger charge is -2.37. The van der Waals surface area contributed by atoms with E-state index >= 15 is 0 Å². The first-order chi connectivity index (χ1) is 9.66. The van der Waals surface area contributed by atoms with E-state index in [1.807, 2.05) is 35.2 Å². The van der Waals surface area contributed by atoms with E-state index in [4.69, 9.17) is 0 Å². The van der Waals surface area contributed by atoms with Crippen LogP contribution in [0.4, 0.5) is 0 Å². The zero-order valence-electron chi connectivity index (χ0n) is 11.8. The molecule has 2 unspecified atom stereocenters. The summed E-state index contributed by atoms with van der Waals surface area (Å²) in [5.41, 5.74) is 1.62. The van der Waals surface area contributed by atoms with Crippen LogP contribution in [0.3, 0.4) is 0 Å². The van der Waals surface area contributed by atoms with Crippen molar-refractivity contribution in [3.8, 4) is 0 Å². The Kier molecular flexibility index (Phi) is 3.40. The fraction of sp³-hybridized carbons (Fsp3) is 0.375. The van der Waals surface area contributed by atoms with Gasteiger partial charge in [-0.1, -0.05) is 12.1 Å². The van der Waals surface area contributed by atoms with Crippen molar-refractivity contribution < 1.29 is 4.79 Å². The minimum atomic E-state index is 0.101. The van der Waals surface area contributed by atoms with E-state index in [0.29, 0.717) is 6.04 Å². The van der Waals surface area contributed by atoms with Crippen molar-refractivity contribution in [1.29, 1.82) is 0 Å². The zero-order chi connectivity index (χ0) is 14.1. The first-order valence-electron chi connectivity index (χ1n) is 7.05. The molecular weight excluding hydrogens is 250 g/mol. The number of fused-ring (bicyclic) bond motifs is 1. The molecule has 1 aromatic carbocycles. The number of amides is 1. The van der Waals surface area contributed by atoms with Crippen LogP contribution in [0.15, 0.2) is 36.5 Å². The van der Waals surface area contributed by atoms with Gasteiger partial charge < -0.3 is 10.2 Å². The molecule has 2 heterocycles. The molecule has 3 rings (SSSR count). The van der Waals surface area contributed by atoms with E-state index in [-0.39, 0.29) is 11.9 Å². The average Bonchev–Trinajstić information content (AvgIpc) is 2.48. The lowest BCUT2D eigenvalue weighted by atomic mass is 10.0. The van der Waals surface area contributed by atoms with Gasteiger partial charge in [0.15, 0.2) is 0 Å². The van der Waals surface area contributed by atoms with Gasteiger partial charge in [0, 0.05) is 42.3 Å². The molecule has 104 valence electrons. The summed E-state index contributed by atoms with van der Waals surface area (Å²) < 4.78 is 0. The van der Waals surface area contributed by atoms with Crippen LogP contribution in [0.5, 0.6) is 0 Å². The molecule has 2 aromatic rings. The van der Waals surface area contributed by atoms with Gasteiger partial charge >= 0.3 is 0 Å². The molecule has 1 fully saturated rings. The second-order valence-corrected chi connectivity index (χ2v) is 5.49. The number of carbonyl (C=O) groups excluding carboxylic acids is 1. The van der Waals surface area contributed by atoms with Crippen molar-refractivity contribution in [2.45, 2.75) is 25.9 Å². The Morgan fingerprint density at radius 1 is 1.30 bits per heavy atom. The molecule has 0 aliphatic carbocycles. The first kappa shape index (κ1) is 13.1. The monoisotopic (exact) mass is 269 g/mol. The summed E-state index contributed by atoms with van der Waals surface area (Å²) in [6.45, 7) is 5.78. The Labute approximate surface area is 118 Å². The summed E-state index contributed by atoms with van der Waals surface area (Å²) in [6, 6.07) is 10.1. The van der Waals surface area contributed by atoms with Crippen LogP contribution < -0.4 is 5.32 Å². The molecule has 4 nitrogen and oxygen atoms in total. The van der Waals surface area contributed by atoms with Crippen molar-refractivity contribution in [3.05, 3.63) is 42.1 Å². The highest BCUT2D eigenvalue weighted by Gasteiger charge is 2.28. The highest BCUT2D eigenvalue weighted by Crippen LogP contribution is 2.20. The number of benzene rings is 1. The third kappa shape index (κ3) is 2.27. The Morgan fingerprint density at radius 3 is 3.00 bits per heavy atom. The van der Waals surface area contributed by atoms with Crippen LogP contribution in [0, 0.1) is 0 Å². The van der Waals surface area contributed by atoms with Crippen molar-refractivity contribution in [3.63, 3.8) is 0 Å². The van der Waals surface area contributed by atoms with Crippen LogP contribution in [-0.2, 0) is 0 Å². The third-order valence-corrected chi connectivity index (χ3v) is 3.90. The number of rotatable bonds is 1. The van der Waals surface area contributed by atoms with Crippen LogP contribution >= 0.6 is 0 Å². The Hall–Kier alpha value is -1.94. The number of carbonyl (C=O) groups is 1. The molecule has 4 heteroatoms. The number of nitrogens with zero attached hydrogens (tertiary/aromatic N) is 2. The van der Waals surface area contributed by atoms with Crippen molar-refractivity contribution in [2.24, 2.45) is 0 Å². The Balaban J connectivity index is 2.00. The number of aromatic nitrogens is 1. The highest BCUT2D eigenvalue weighted by molar-refractivity contribution is 6.06. The van der Waals surface area contributed by atoms with Crippen molar-refractivity contribution >= 4 is 16.8 Å². The molecule has 1 aliphatic heterocycles. The molecule has 1 N–H and O–H groups in total. The molecule has 1 amide bonds. The minimum Gasteiger partial charge on any atom is -0.333 e. The minimum absolute atomic E-state index is 0.101. The fourth-order valence-electron chi connectivity index (χ4n) is 2.75. The van der Waals surface area contributed by atoms with Crippen LogP contribution in [0.1, 0.15) is 24.2 Å². The van der Waals surface area contributed by atoms with Crippen LogP contribution in [0.2, 0.25) is 0 Å². The maximum atomic E-state index is 12.8. The lowest BCUT2D eigenvalue weighted by molar-refractivity contribution is 0.0618. The molecule has 1 saturated heterocycles. The van der Waals surface area contributed by atoms with E-state index in [2.05, 4.69) is 24.1 Å². The van der Waals surface area contributed by atoms with E-state index in [9.17, 15) is 4.79 Å². The molecule has 1 aromatic heterocycles. The second kappa shape index (κ2) is 5.21. The first-order valence-corrected chi connectivity index (χ1v) is 7.05. The molecule has 2 atom stereocenters. The average molecular weight is 269 g/mol. The van der Waals surface area contributed by atoms with E-state index < -0.39 is 0 Å². The smallest absolute Gasteiger partial charge is 0.254 e. The third-order valence-electron chi connectivity index (χ3n) is 3.90. The lowest BCUT2D eigenvalue weighted by Crippen LogP contribution is -2.56.